The molecule has 1 aromatic rings. The lowest BCUT2D eigenvalue weighted by atomic mass is 10.2. The first kappa shape index (κ1) is 13.1. The molecular weight excluding hydrogens is 218 g/mol. The van der Waals surface area contributed by atoms with E-state index in [1.54, 1.807) is 13.2 Å². The van der Waals surface area contributed by atoms with Crippen LogP contribution in [0.15, 0.2) is 36.9 Å². The van der Waals surface area contributed by atoms with E-state index < -0.39 is 6.04 Å². The highest BCUT2D eigenvalue weighted by atomic mass is 16.5. The molecule has 0 aliphatic rings. The van der Waals surface area contributed by atoms with Crippen LogP contribution in [0.25, 0.3) is 0 Å². The summed E-state index contributed by atoms with van der Waals surface area (Å²) >= 11 is 0. The van der Waals surface area contributed by atoms with Crippen molar-refractivity contribution >= 4 is 11.7 Å². The molecule has 4 nitrogen and oxygen atoms in total. The van der Waals surface area contributed by atoms with Crippen LogP contribution in [0.5, 0.6) is 5.75 Å². The molecular formula is C13H17NO3. The Balaban J connectivity index is 2.71. The van der Waals surface area contributed by atoms with Crippen LogP contribution in [0.2, 0.25) is 0 Å². The third-order valence-electron chi connectivity index (χ3n) is 2.32. The summed E-state index contributed by atoms with van der Waals surface area (Å²) in [4.78, 5) is 11.5. The quantitative estimate of drug-likeness (QED) is 0.606. The zero-order valence-electron chi connectivity index (χ0n) is 10.1. The molecule has 0 saturated carbocycles. The first-order chi connectivity index (χ1) is 8.21. The number of ether oxygens (including phenoxy) is 2. The van der Waals surface area contributed by atoms with Gasteiger partial charge in [0.1, 0.15) is 11.8 Å². The Labute approximate surface area is 101 Å². The van der Waals surface area contributed by atoms with Gasteiger partial charge in [0.2, 0.25) is 0 Å². The second-order valence-electron chi connectivity index (χ2n) is 3.47. The number of rotatable bonds is 6. The standard InChI is InChI=1S/C13H17NO3/c1-4-5-12(13(15)17-3)14-10-6-8-11(16-2)9-7-10/h4,6-9,12,14H,1,5H2,2-3H3. The van der Waals surface area contributed by atoms with Gasteiger partial charge in [-0.2, -0.15) is 0 Å². The summed E-state index contributed by atoms with van der Waals surface area (Å²) in [5.74, 6) is 0.467. The van der Waals surface area contributed by atoms with Crippen molar-refractivity contribution in [2.24, 2.45) is 0 Å². The molecule has 0 aromatic heterocycles. The van der Waals surface area contributed by atoms with Crippen LogP contribution < -0.4 is 10.1 Å². The predicted octanol–water partition coefficient (Wildman–Crippen LogP) is 2.22. The molecule has 0 aliphatic carbocycles. The zero-order valence-corrected chi connectivity index (χ0v) is 10.1. The summed E-state index contributed by atoms with van der Waals surface area (Å²) in [6, 6.07) is 6.93. The predicted molar refractivity (Wildman–Crippen MR) is 67.2 cm³/mol. The number of carbonyl (C=O) groups excluding carboxylic acids is 1. The van der Waals surface area contributed by atoms with Crippen LogP contribution in [-0.4, -0.2) is 26.2 Å². The Morgan fingerprint density at radius 3 is 2.53 bits per heavy atom. The van der Waals surface area contributed by atoms with Crippen molar-refractivity contribution in [3.05, 3.63) is 36.9 Å². The highest BCUT2D eigenvalue weighted by Gasteiger charge is 2.16. The van der Waals surface area contributed by atoms with Gasteiger partial charge in [-0.05, 0) is 30.7 Å². The van der Waals surface area contributed by atoms with E-state index in [1.807, 2.05) is 24.3 Å². The van der Waals surface area contributed by atoms with Crippen molar-refractivity contribution in [2.75, 3.05) is 19.5 Å². The summed E-state index contributed by atoms with van der Waals surface area (Å²) in [7, 11) is 2.98. The number of carbonyl (C=O) groups is 1. The van der Waals surface area contributed by atoms with Gasteiger partial charge >= 0.3 is 5.97 Å². The van der Waals surface area contributed by atoms with Gasteiger partial charge in [-0.3, -0.25) is 0 Å². The summed E-state index contributed by atoms with van der Waals surface area (Å²) in [5, 5.41) is 3.08. The van der Waals surface area contributed by atoms with Crippen LogP contribution in [0.3, 0.4) is 0 Å². The normalized spacial score (nSPS) is 11.4. The fraction of sp³-hybridized carbons (Fsp3) is 0.308. The molecule has 1 atom stereocenters. The average Bonchev–Trinajstić information content (AvgIpc) is 2.38. The summed E-state index contributed by atoms with van der Waals surface area (Å²) in [6.07, 6.45) is 2.19. The molecule has 1 aromatic carbocycles. The molecule has 4 heteroatoms. The fourth-order valence-corrected chi connectivity index (χ4v) is 1.41. The number of methoxy groups -OCH3 is 2. The van der Waals surface area contributed by atoms with Crippen molar-refractivity contribution in [3.63, 3.8) is 0 Å². The Kier molecular flexibility index (Phi) is 5.07. The van der Waals surface area contributed by atoms with E-state index in [-0.39, 0.29) is 5.97 Å². The van der Waals surface area contributed by atoms with E-state index >= 15 is 0 Å². The number of hydrogen-bond acceptors (Lipinski definition) is 4. The van der Waals surface area contributed by atoms with Crippen molar-refractivity contribution in [3.8, 4) is 5.75 Å². The summed E-state index contributed by atoms with van der Waals surface area (Å²) < 4.78 is 9.76. The van der Waals surface area contributed by atoms with Gasteiger partial charge in [-0.25, -0.2) is 4.79 Å². The van der Waals surface area contributed by atoms with E-state index in [0.29, 0.717) is 6.42 Å². The molecule has 0 heterocycles. The molecule has 0 saturated heterocycles. The number of nitrogens with one attached hydrogen (secondary N) is 1. The third kappa shape index (κ3) is 3.83. The van der Waals surface area contributed by atoms with Gasteiger partial charge in [0.05, 0.1) is 14.2 Å². The van der Waals surface area contributed by atoms with Gasteiger partial charge in [-0.15, -0.1) is 6.58 Å². The van der Waals surface area contributed by atoms with Crippen LogP contribution in [-0.2, 0) is 9.53 Å². The van der Waals surface area contributed by atoms with E-state index in [1.165, 1.54) is 7.11 Å². The third-order valence-corrected chi connectivity index (χ3v) is 2.32. The maximum atomic E-state index is 11.5. The first-order valence-electron chi connectivity index (χ1n) is 5.30. The van der Waals surface area contributed by atoms with E-state index in [2.05, 4.69) is 11.9 Å². The summed E-state index contributed by atoms with van der Waals surface area (Å²) in [6.45, 7) is 3.62. The molecule has 0 radical (unpaired) electrons. The van der Waals surface area contributed by atoms with Crippen LogP contribution in [0.4, 0.5) is 5.69 Å². The highest BCUT2D eigenvalue weighted by Crippen LogP contribution is 2.16. The molecule has 0 bridgehead atoms. The minimum atomic E-state index is -0.411. The minimum Gasteiger partial charge on any atom is -0.497 e. The molecule has 0 amide bonds. The largest absolute Gasteiger partial charge is 0.497 e. The molecule has 17 heavy (non-hydrogen) atoms. The second kappa shape index (κ2) is 6.58. The number of benzene rings is 1. The lowest BCUT2D eigenvalue weighted by Gasteiger charge is -2.16. The molecule has 1 rings (SSSR count). The number of anilines is 1. The Morgan fingerprint density at radius 2 is 2.06 bits per heavy atom. The zero-order chi connectivity index (χ0) is 12.7. The van der Waals surface area contributed by atoms with E-state index in [0.717, 1.165) is 11.4 Å². The second-order valence-corrected chi connectivity index (χ2v) is 3.47. The SMILES string of the molecule is C=CCC(Nc1ccc(OC)cc1)C(=O)OC. The van der Waals surface area contributed by atoms with Crippen molar-refractivity contribution < 1.29 is 14.3 Å². The lowest BCUT2D eigenvalue weighted by molar-refractivity contribution is -0.141. The van der Waals surface area contributed by atoms with E-state index in [9.17, 15) is 4.79 Å². The van der Waals surface area contributed by atoms with Crippen LogP contribution in [0, 0.1) is 0 Å². The van der Waals surface area contributed by atoms with Crippen LogP contribution >= 0.6 is 0 Å². The van der Waals surface area contributed by atoms with Gasteiger partial charge in [0.15, 0.2) is 0 Å². The monoisotopic (exact) mass is 235 g/mol. The smallest absolute Gasteiger partial charge is 0.328 e. The maximum absolute atomic E-state index is 11.5. The molecule has 0 aliphatic heterocycles. The molecule has 0 spiro atoms. The van der Waals surface area contributed by atoms with E-state index in [4.69, 9.17) is 9.47 Å². The molecule has 92 valence electrons. The first-order valence-corrected chi connectivity index (χ1v) is 5.30. The van der Waals surface area contributed by atoms with Gasteiger partial charge in [0.25, 0.3) is 0 Å². The Bertz CT molecular complexity index is 373. The van der Waals surface area contributed by atoms with Crippen molar-refractivity contribution in [1.82, 2.24) is 0 Å². The lowest BCUT2D eigenvalue weighted by Crippen LogP contribution is -2.30. The Morgan fingerprint density at radius 1 is 1.41 bits per heavy atom. The van der Waals surface area contributed by atoms with Gasteiger partial charge in [-0.1, -0.05) is 6.08 Å². The minimum absolute atomic E-state index is 0.305. The fourth-order valence-electron chi connectivity index (χ4n) is 1.41. The molecule has 1 N–H and O–H groups in total. The topological polar surface area (TPSA) is 47.6 Å². The highest BCUT2D eigenvalue weighted by molar-refractivity contribution is 5.79. The maximum Gasteiger partial charge on any atom is 0.328 e. The van der Waals surface area contributed by atoms with Gasteiger partial charge in [0, 0.05) is 5.69 Å². The molecule has 0 fully saturated rings. The Hall–Kier alpha value is -1.97. The van der Waals surface area contributed by atoms with Gasteiger partial charge < -0.3 is 14.8 Å². The van der Waals surface area contributed by atoms with Crippen molar-refractivity contribution in [2.45, 2.75) is 12.5 Å². The average molecular weight is 235 g/mol. The molecule has 1 unspecified atom stereocenters. The number of esters is 1. The number of hydrogen-bond donors (Lipinski definition) is 1. The summed E-state index contributed by atoms with van der Waals surface area (Å²) in [5.41, 5.74) is 0.836. The van der Waals surface area contributed by atoms with Crippen molar-refractivity contribution in [1.29, 1.82) is 0 Å². The van der Waals surface area contributed by atoms with Crippen LogP contribution in [0.1, 0.15) is 6.42 Å².